The highest BCUT2D eigenvalue weighted by molar-refractivity contribution is 7.99. The zero-order valence-corrected chi connectivity index (χ0v) is 10.3. The van der Waals surface area contributed by atoms with Gasteiger partial charge in [-0.1, -0.05) is 6.92 Å². The summed E-state index contributed by atoms with van der Waals surface area (Å²) in [5.41, 5.74) is 6.95. The van der Waals surface area contributed by atoms with Crippen molar-refractivity contribution in [3.8, 4) is 11.5 Å². The molecule has 0 aromatic heterocycles. The summed E-state index contributed by atoms with van der Waals surface area (Å²) in [5.74, 6) is 3.89. The van der Waals surface area contributed by atoms with E-state index in [9.17, 15) is 0 Å². The van der Waals surface area contributed by atoms with Gasteiger partial charge in [-0.25, -0.2) is 0 Å². The molecule has 2 N–H and O–H groups in total. The first-order chi connectivity index (χ1) is 7.81. The summed E-state index contributed by atoms with van der Waals surface area (Å²) in [6.07, 6.45) is 0. The summed E-state index contributed by atoms with van der Waals surface area (Å²) in [4.78, 5) is 0. The topological polar surface area (TPSA) is 44.5 Å². The van der Waals surface area contributed by atoms with Crippen molar-refractivity contribution in [2.24, 2.45) is 5.73 Å². The lowest BCUT2D eigenvalue weighted by Crippen LogP contribution is -2.10. The van der Waals surface area contributed by atoms with Gasteiger partial charge in [-0.2, -0.15) is 11.8 Å². The van der Waals surface area contributed by atoms with Crippen LogP contribution in [0, 0.1) is 0 Å². The maximum atomic E-state index is 5.87. The standard InChI is InChI=1S/C12H17NO2S/c1-2-16-6-5-14-9-3-4-10-11(13)8-15-12(10)7-9/h3-4,7,11H,2,5-6,8,13H2,1H3. The first-order valence-corrected chi connectivity index (χ1v) is 6.69. The van der Waals surface area contributed by atoms with Gasteiger partial charge in [0.25, 0.3) is 0 Å². The third-order valence-corrected chi connectivity index (χ3v) is 3.37. The van der Waals surface area contributed by atoms with E-state index in [4.69, 9.17) is 15.2 Å². The van der Waals surface area contributed by atoms with E-state index in [-0.39, 0.29) is 6.04 Å². The molecule has 1 unspecified atom stereocenters. The second kappa shape index (κ2) is 5.46. The molecular weight excluding hydrogens is 222 g/mol. The van der Waals surface area contributed by atoms with Crippen LogP contribution in [0.25, 0.3) is 0 Å². The van der Waals surface area contributed by atoms with E-state index >= 15 is 0 Å². The van der Waals surface area contributed by atoms with Crippen LogP contribution in [-0.2, 0) is 0 Å². The molecule has 0 fully saturated rings. The number of hydrogen-bond acceptors (Lipinski definition) is 4. The Morgan fingerprint density at radius 2 is 2.44 bits per heavy atom. The van der Waals surface area contributed by atoms with Gasteiger partial charge in [0.05, 0.1) is 12.6 Å². The largest absolute Gasteiger partial charge is 0.493 e. The van der Waals surface area contributed by atoms with Crippen molar-refractivity contribution in [2.75, 3.05) is 24.7 Å². The van der Waals surface area contributed by atoms with Crippen LogP contribution in [0.1, 0.15) is 18.5 Å². The number of rotatable bonds is 5. The average molecular weight is 239 g/mol. The number of hydrogen-bond donors (Lipinski definition) is 1. The summed E-state index contributed by atoms with van der Waals surface area (Å²) < 4.78 is 11.1. The van der Waals surface area contributed by atoms with E-state index in [1.54, 1.807) is 0 Å². The van der Waals surface area contributed by atoms with Crippen LogP contribution in [0.15, 0.2) is 18.2 Å². The third-order valence-electron chi connectivity index (χ3n) is 2.50. The highest BCUT2D eigenvalue weighted by Crippen LogP contribution is 2.33. The molecule has 0 aliphatic carbocycles. The lowest BCUT2D eigenvalue weighted by Gasteiger charge is -2.07. The molecule has 1 aromatic rings. The molecule has 1 aliphatic rings. The zero-order chi connectivity index (χ0) is 11.4. The minimum absolute atomic E-state index is 0.0136. The van der Waals surface area contributed by atoms with Gasteiger partial charge in [0, 0.05) is 17.4 Å². The van der Waals surface area contributed by atoms with Gasteiger partial charge in [0.1, 0.15) is 18.1 Å². The molecule has 3 nitrogen and oxygen atoms in total. The van der Waals surface area contributed by atoms with Gasteiger partial charge in [-0.05, 0) is 17.9 Å². The highest BCUT2D eigenvalue weighted by Gasteiger charge is 2.20. The molecule has 0 bridgehead atoms. The Morgan fingerprint density at radius 1 is 1.56 bits per heavy atom. The predicted molar refractivity (Wildman–Crippen MR) is 67.4 cm³/mol. The Kier molecular flexibility index (Phi) is 3.96. The number of ether oxygens (including phenoxy) is 2. The van der Waals surface area contributed by atoms with Gasteiger partial charge in [-0.15, -0.1) is 0 Å². The second-order valence-corrected chi connectivity index (χ2v) is 5.06. The predicted octanol–water partition coefficient (Wildman–Crippen LogP) is 2.21. The van der Waals surface area contributed by atoms with Crippen LogP contribution >= 0.6 is 11.8 Å². The fraction of sp³-hybridized carbons (Fsp3) is 0.500. The molecule has 0 amide bonds. The summed E-state index contributed by atoms with van der Waals surface area (Å²) in [6, 6.07) is 5.90. The van der Waals surface area contributed by atoms with Gasteiger partial charge in [-0.3, -0.25) is 0 Å². The van der Waals surface area contributed by atoms with Gasteiger partial charge in [0.2, 0.25) is 0 Å². The van der Waals surface area contributed by atoms with E-state index in [1.165, 1.54) is 0 Å². The molecule has 16 heavy (non-hydrogen) atoms. The van der Waals surface area contributed by atoms with Crippen LogP contribution in [0.5, 0.6) is 11.5 Å². The Balaban J connectivity index is 1.92. The normalized spacial score (nSPS) is 18.0. The van der Waals surface area contributed by atoms with Gasteiger partial charge >= 0.3 is 0 Å². The Morgan fingerprint density at radius 3 is 3.25 bits per heavy atom. The van der Waals surface area contributed by atoms with Crippen molar-refractivity contribution in [3.05, 3.63) is 23.8 Å². The van der Waals surface area contributed by atoms with Gasteiger partial charge < -0.3 is 15.2 Å². The Labute approximate surface area is 100 Å². The Bertz CT molecular complexity index is 357. The maximum Gasteiger partial charge on any atom is 0.127 e. The number of benzene rings is 1. The SMILES string of the molecule is CCSCCOc1ccc2c(c1)OCC2N. The van der Waals surface area contributed by atoms with E-state index in [1.807, 2.05) is 30.0 Å². The molecule has 88 valence electrons. The van der Waals surface area contributed by atoms with E-state index in [0.29, 0.717) is 6.61 Å². The van der Waals surface area contributed by atoms with Crippen molar-refractivity contribution in [3.63, 3.8) is 0 Å². The maximum absolute atomic E-state index is 5.87. The molecule has 0 saturated carbocycles. The van der Waals surface area contributed by atoms with Crippen LogP contribution in [-0.4, -0.2) is 24.7 Å². The summed E-state index contributed by atoms with van der Waals surface area (Å²) in [7, 11) is 0. The quantitative estimate of drug-likeness (QED) is 0.800. The van der Waals surface area contributed by atoms with Crippen molar-refractivity contribution in [1.29, 1.82) is 0 Å². The molecule has 0 saturated heterocycles. The molecule has 1 aromatic carbocycles. The molecular formula is C12H17NO2S. The minimum atomic E-state index is 0.0136. The molecule has 0 spiro atoms. The third kappa shape index (κ3) is 2.62. The van der Waals surface area contributed by atoms with Crippen LogP contribution in [0.2, 0.25) is 0 Å². The zero-order valence-electron chi connectivity index (χ0n) is 9.44. The number of fused-ring (bicyclic) bond motifs is 1. The van der Waals surface area contributed by atoms with Crippen LogP contribution < -0.4 is 15.2 Å². The molecule has 1 heterocycles. The fourth-order valence-electron chi connectivity index (χ4n) is 1.67. The van der Waals surface area contributed by atoms with Crippen molar-refractivity contribution in [2.45, 2.75) is 13.0 Å². The van der Waals surface area contributed by atoms with Crippen molar-refractivity contribution in [1.82, 2.24) is 0 Å². The van der Waals surface area contributed by atoms with E-state index in [0.717, 1.165) is 35.2 Å². The monoisotopic (exact) mass is 239 g/mol. The first kappa shape index (κ1) is 11.6. The number of thioether (sulfide) groups is 1. The first-order valence-electron chi connectivity index (χ1n) is 5.54. The molecule has 1 aliphatic heterocycles. The van der Waals surface area contributed by atoms with Crippen molar-refractivity contribution < 1.29 is 9.47 Å². The van der Waals surface area contributed by atoms with E-state index in [2.05, 4.69) is 6.92 Å². The molecule has 2 rings (SSSR count). The van der Waals surface area contributed by atoms with Gasteiger partial charge in [0.15, 0.2) is 0 Å². The summed E-state index contributed by atoms with van der Waals surface area (Å²) in [6.45, 7) is 3.46. The average Bonchev–Trinajstić information content (AvgIpc) is 2.66. The Hall–Kier alpha value is -0.870. The molecule has 1 atom stereocenters. The smallest absolute Gasteiger partial charge is 0.127 e. The highest BCUT2D eigenvalue weighted by atomic mass is 32.2. The lowest BCUT2D eigenvalue weighted by molar-refractivity contribution is 0.324. The molecule has 4 heteroatoms. The van der Waals surface area contributed by atoms with Crippen LogP contribution in [0.4, 0.5) is 0 Å². The minimum Gasteiger partial charge on any atom is -0.493 e. The lowest BCUT2D eigenvalue weighted by atomic mass is 10.1. The second-order valence-electron chi connectivity index (χ2n) is 3.66. The van der Waals surface area contributed by atoms with Crippen molar-refractivity contribution >= 4 is 11.8 Å². The molecule has 0 radical (unpaired) electrons. The summed E-state index contributed by atoms with van der Waals surface area (Å²) in [5, 5.41) is 0. The number of nitrogens with two attached hydrogens (primary N) is 1. The fourth-order valence-corrected chi connectivity index (χ4v) is 2.16. The van der Waals surface area contributed by atoms with Crippen LogP contribution in [0.3, 0.4) is 0 Å². The summed E-state index contributed by atoms with van der Waals surface area (Å²) >= 11 is 1.88. The van der Waals surface area contributed by atoms with E-state index < -0.39 is 0 Å².